The monoisotopic (exact) mass is 339 g/mol. The maximum atomic E-state index is 13.4. The number of benzene rings is 2. The van der Waals surface area contributed by atoms with E-state index in [4.69, 9.17) is 4.99 Å². The Balaban J connectivity index is 1.70. The predicted molar refractivity (Wildman–Crippen MR) is 102 cm³/mol. The van der Waals surface area contributed by atoms with Gasteiger partial charge in [-0.2, -0.15) is 0 Å². The van der Waals surface area contributed by atoms with Gasteiger partial charge in [-0.25, -0.2) is 4.39 Å². The first kappa shape index (κ1) is 17.5. The van der Waals surface area contributed by atoms with Crippen molar-refractivity contribution < 1.29 is 4.39 Å². The minimum Gasteiger partial charge on any atom is -0.338 e. The van der Waals surface area contributed by atoms with Crippen molar-refractivity contribution in [2.24, 2.45) is 10.9 Å². The molecule has 0 saturated heterocycles. The second-order valence-electron chi connectivity index (χ2n) is 7.01. The molecule has 0 amide bonds. The summed E-state index contributed by atoms with van der Waals surface area (Å²) in [4.78, 5) is 7.08. The molecule has 0 unspecified atom stereocenters. The quantitative estimate of drug-likeness (QED) is 0.835. The maximum Gasteiger partial charge on any atom is 0.198 e. The molecule has 0 spiro atoms. The van der Waals surface area contributed by atoms with Crippen molar-refractivity contribution in [1.82, 2.24) is 4.90 Å². The molecule has 1 atom stereocenters. The molecule has 0 aromatic heterocycles. The molecule has 0 bridgehead atoms. The Morgan fingerprint density at radius 1 is 1.16 bits per heavy atom. The summed E-state index contributed by atoms with van der Waals surface area (Å²) < 4.78 is 13.4. The number of hydrogen-bond acceptors (Lipinski definition) is 3. The van der Waals surface area contributed by atoms with Crippen LogP contribution in [0, 0.1) is 11.7 Å². The second-order valence-corrected chi connectivity index (χ2v) is 7.01. The average Bonchev–Trinajstić information content (AvgIpc) is 2.95. The molecule has 1 aliphatic heterocycles. The van der Waals surface area contributed by atoms with Crippen molar-refractivity contribution in [3.63, 3.8) is 0 Å². The summed E-state index contributed by atoms with van der Waals surface area (Å²) in [7, 11) is 0. The Kier molecular flexibility index (Phi) is 5.69. The molecule has 25 heavy (non-hydrogen) atoms. The predicted octanol–water partition coefficient (Wildman–Crippen LogP) is 4.57. The van der Waals surface area contributed by atoms with Crippen molar-refractivity contribution in [3.8, 4) is 0 Å². The van der Waals surface area contributed by atoms with Crippen LogP contribution in [0.3, 0.4) is 0 Å². The third kappa shape index (κ3) is 4.81. The smallest absolute Gasteiger partial charge is 0.198 e. The van der Waals surface area contributed by atoms with Crippen LogP contribution in [0.1, 0.15) is 25.8 Å². The third-order valence-electron chi connectivity index (χ3n) is 4.47. The van der Waals surface area contributed by atoms with Crippen molar-refractivity contribution in [3.05, 3.63) is 66.0 Å². The molecule has 0 saturated carbocycles. The number of anilines is 1. The van der Waals surface area contributed by atoms with E-state index in [1.54, 1.807) is 12.1 Å². The lowest BCUT2D eigenvalue weighted by molar-refractivity contribution is 0.300. The lowest BCUT2D eigenvalue weighted by Gasteiger charge is -2.29. The van der Waals surface area contributed by atoms with E-state index in [9.17, 15) is 4.39 Å². The van der Waals surface area contributed by atoms with E-state index in [1.807, 2.05) is 36.4 Å². The van der Waals surface area contributed by atoms with Crippen LogP contribution in [-0.4, -0.2) is 30.0 Å². The molecule has 0 radical (unpaired) electrons. The van der Waals surface area contributed by atoms with E-state index < -0.39 is 0 Å². The fourth-order valence-corrected chi connectivity index (χ4v) is 3.29. The summed E-state index contributed by atoms with van der Waals surface area (Å²) in [6.45, 7) is 6.14. The highest BCUT2D eigenvalue weighted by atomic mass is 19.1. The summed E-state index contributed by atoms with van der Waals surface area (Å²) in [5, 5.41) is 3.44. The first-order valence-corrected chi connectivity index (χ1v) is 8.99. The zero-order valence-electron chi connectivity index (χ0n) is 15.0. The number of hydrogen-bond donors (Lipinski definition) is 1. The summed E-state index contributed by atoms with van der Waals surface area (Å²) in [5.74, 6) is 1.37. The van der Waals surface area contributed by atoms with Gasteiger partial charge in [-0.15, -0.1) is 0 Å². The molecule has 4 heteroatoms. The normalized spacial score (nSPS) is 17.0. The molecule has 1 aliphatic rings. The number of guanidine groups is 1. The van der Waals surface area contributed by atoms with Gasteiger partial charge < -0.3 is 10.2 Å². The van der Waals surface area contributed by atoms with Crippen molar-refractivity contribution in [2.75, 3.05) is 18.4 Å². The maximum absolute atomic E-state index is 13.4. The number of rotatable bonds is 6. The van der Waals surface area contributed by atoms with Crippen LogP contribution in [0.4, 0.5) is 10.1 Å². The summed E-state index contributed by atoms with van der Waals surface area (Å²) in [6.07, 6.45) is 1.91. The molecule has 3 rings (SSSR count). The van der Waals surface area contributed by atoms with E-state index in [0.29, 0.717) is 12.0 Å². The van der Waals surface area contributed by atoms with Gasteiger partial charge in [0.2, 0.25) is 0 Å². The highest BCUT2D eigenvalue weighted by Gasteiger charge is 2.28. The van der Waals surface area contributed by atoms with E-state index in [2.05, 4.69) is 24.1 Å². The van der Waals surface area contributed by atoms with Gasteiger partial charge in [-0.1, -0.05) is 44.2 Å². The van der Waals surface area contributed by atoms with Gasteiger partial charge in [0.1, 0.15) is 5.82 Å². The van der Waals surface area contributed by atoms with Crippen LogP contribution < -0.4 is 5.32 Å². The minimum absolute atomic E-state index is 0.172. The molecule has 2 aromatic rings. The SMILES string of the molecule is CC(C)C[C@H]1CN=C(Nc2ccccc2)N1CCc1cccc(F)c1. The largest absolute Gasteiger partial charge is 0.338 e. The first-order valence-electron chi connectivity index (χ1n) is 8.99. The zero-order valence-corrected chi connectivity index (χ0v) is 15.0. The Hall–Kier alpha value is -2.36. The molecule has 132 valence electrons. The number of aliphatic imine (C=N–C) groups is 1. The summed E-state index contributed by atoms with van der Waals surface area (Å²) in [6, 6.07) is 17.4. The number of halogens is 1. The van der Waals surface area contributed by atoms with Gasteiger partial charge in [0, 0.05) is 12.2 Å². The summed E-state index contributed by atoms with van der Waals surface area (Å²) >= 11 is 0. The van der Waals surface area contributed by atoms with Crippen LogP contribution in [0.2, 0.25) is 0 Å². The third-order valence-corrected chi connectivity index (χ3v) is 4.47. The summed E-state index contributed by atoms with van der Waals surface area (Å²) in [5.41, 5.74) is 2.07. The fourth-order valence-electron chi connectivity index (χ4n) is 3.29. The highest BCUT2D eigenvalue weighted by molar-refractivity contribution is 5.95. The molecular formula is C21H26FN3. The van der Waals surface area contributed by atoms with Crippen LogP contribution in [0.5, 0.6) is 0 Å². The molecule has 1 heterocycles. The fraction of sp³-hybridized carbons (Fsp3) is 0.381. The Labute approximate surface area is 149 Å². The molecule has 2 aromatic carbocycles. The van der Waals surface area contributed by atoms with Crippen LogP contribution in [0.25, 0.3) is 0 Å². The van der Waals surface area contributed by atoms with Gasteiger partial charge in [0.25, 0.3) is 0 Å². The van der Waals surface area contributed by atoms with Gasteiger partial charge >= 0.3 is 0 Å². The number of nitrogens with zero attached hydrogens (tertiary/aromatic N) is 2. The van der Waals surface area contributed by atoms with Crippen molar-refractivity contribution >= 4 is 11.6 Å². The lowest BCUT2D eigenvalue weighted by Crippen LogP contribution is -2.42. The molecule has 1 N–H and O–H groups in total. The Morgan fingerprint density at radius 3 is 2.68 bits per heavy atom. The van der Waals surface area contributed by atoms with Gasteiger partial charge in [0.05, 0.1) is 12.6 Å². The lowest BCUT2D eigenvalue weighted by atomic mass is 10.0. The van der Waals surface area contributed by atoms with E-state index >= 15 is 0 Å². The Bertz CT molecular complexity index is 712. The molecule has 0 aliphatic carbocycles. The molecule has 0 fully saturated rings. The van der Waals surface area contributed by atoms with Crippen molar-refractivity contribution in [2.45, 2.75) is 32.7 Å². The van der Waals surface area contributed by atoms with Gasteiger partial charge in [-0.3, -0.25) is 4.99 Å². The first-order chi connectivity index (χ1) is 12.1. The minimum atomic E-state index is -0.172. The average molecular weight is 339 g/mol. The van der Waals surface area contributed by atoms with E-state index in [0.717, 1.165) is 43.1 Å². The van der Waals surface area contributed by atoms with Crippen LogP contribution in [0.15, 0.2) is 59.6 Å². The molecular weight excluding hydrogens is 313 g/mol. The Morgan fingerprint density at radius 2 is 1.96 bits per heavy atom. The topological polar surface area (TPSA) is 27.6 Å². The van der Waals surface area contributed by atoms with Gasteiger partial charge in [0.15, 0.2) is 5.96 Å². The van der Waals surface area contributed by atoms with E-state index in [-0.39, 0.29) is 5.82 Å². The van der Waals surface area contributed by atoms with Crippen LogP contribution in [-0.2, 0) is 6.42 Å². The molecule has 3 nitrogen and oxygen atoms in total. The van der Waals surface area contributed by atoms with Crippen molar-refractivity contribution in [1.29, 1.82) is 0 Å². The van der Waals surface area contributed by atoms with Gasteiger partial charge in [-0.05, 0) is 48.6 Å². The van der Waals surface area contributed by atoms with Crippen LogP contribution >= 0.6 is 0 Å². The zero-order chi connectivity index (χ0) is 17.6. The second kappa shape index (κ2) is 8.15. The van der Waals surface area contributed by atoms with E-state index in [1.165, 1.54) is 6.07 Å². The number of nitrogens with one attached hydrogen (secondary N) is 1. The standard InChI is InChI=1S/C21H26FN3/c1-16(2)13-20-15-23-21(24-19-9-4-3-5-10-19)25(20)12-11-17-7-6-8-18(22)14-17/h3-10,14,16,20H,11-13,15H2,1-2H3,(H,23,24)/t20-/m0/s1. The highest BCUT2D eigenvalue weighted by Crippen LogP contribution is 2.20. The number of para-hydroxylation sites is 1.